The zero-order chi connectivity index (χ0) is 24.5. The van der Waals surface area contributed by atoms with Crippen LogP contribution in [0.4, 0.5) is 14.5 Å². The molecule has 10 heteroatoms. The van der Waals surface area contributed by atoms with Gasteiger partial charge in [0, 0.05) is 43.0 Å². The van der Waals surface area contributed by atoms with E-state index in [0.717, 1.165) is 22.5 Å². The Morgan fingerprint density at radius 1 is 1.21 bits per heavy atom. The van der Waals surface area contributed by atoms with Crippen molar-refractivity contribution >= 4 is 17.5 Å². The topological polar surface area (TPSA) is 105 Å². The number of H-pyrrole nitrogens is 1. The summed E-state index contributed by atoms with van der Waals surface area (Å²) in [4.78, 5) is 26.0. The summed E-state index contributed by atoms with van der Waals surface area (Å²) >= 11 is 0. The second-order valence-electron chi connectivity index (χ2n) is 8.88. The zero-order valence-corrected chi connectivity index (χ0v) is 19.4. The highest BCUT2D eigenvalue weighted by molar-refractivity contribution is 6.00. The number of nitrogens with one attached hydrogen (secondary N) is 3. The van der Waals surface area contributed by atoms with Crippen LogP contribution in [0.25, 0.3) is 11.1 Å². The monoisotopic (exact) mass is 470 g/mol. The molecule has 2 heterocycles. The fourth-order valence-electron chi connectivity index (χ4n) is 4.62. The van der Waals surface area contributed by atoms with E-state index >= 15 is 0 Å². The largest absolute Gasteiger partial charge is 0.339 e. The Hall–Kier alpha value is -3.56. The molecule has 1 aliphatic carbocycles. The fourth-order valence-corrected chi connectivity index (χ4v) is 4.62. The summed E-state index contributed by atoms with van der Waals surface area (Å²) in [6, 6.07) is 7.62. The van der Waals surface area contributed by atoms with E-state index in [0.29, 0.717) is 18.5 Å². The van der Waals surface area contributed by atoms with Crippen molar-refractivity contribution in [1.82, 2.24) is 25.3 Å². The lowest BCUT2D eigenvalue weighted by atomic mass is 9.81. The molecule has 3 N–H and O–H groups in total. The van der Waals surface area contributed by atoms with E-state index in [2.05, 4.69) is 25.9 Å². The third kappa shape index (κ3) is 5.00. The van der Waals surface area contributed by atoms with Crippen LogP contribution in [0.1, 0.15) is 47.6 Å². The summed E-state index contributed by atoms with van der Waals surface area (Å²) in [6.07, 6.45) is 1.53. The first kappa shape index (κ1) is 23.6. The van der Waals surface area contributed by atoms with Crippen LogP contribution in [0, 0.1) is 19.8 Å². The summed E-state index contributed by atoms with van der Waals surface area (Å²) in [5.74, 6) is -4.60. The van der Waals surface area contributed by atoms with Crippen molar-refractivity contribution in [2.24, 2.45) is 13.0 Å². The van der Waals surface area contributed by atoms with Crippen LogP contribution in [-0.4, -0.2) is 43.8 Å². The molecule has 1 saturated carbocycles. The molecule has 2 aromatic heterocycles. The number of aryl methyl sites for hydroxylation is 3. The lowest BCUT2D eigenvalue weighted by Gasteiger charge is -2.34. The lowest BCUT2D eigenvalue weighted by Crippen LogP contribution is -2.51. The normalized spacial score (nSPS) is 18.3. The third-order valence-corrected chi connectivity index (χ3v) is 6.34. The second kappa shape index (κ2) is 9.36. The molecule has 180 valence electrons. The van der Waals surface area contributed by atoms with Crippen LogP contribution in [-0.2, 0) is 11.8 Å². The molecular formula is C24H28F2N6O2. The minimum Gasteiger partial charge on any atom is -0.339 e. The number of rotatable bonds is 6. The van der Waals surface area contributed by atoms with Crippen molar-refractivity contribution in [3.8, 4) is 11.1 Å². The number of aromatic amines is 1. The average molecular weight is 471 g/mol. The highest BCUT2D eigenvalue weighted by Crippen LogP contribution is 2.38. The summed E-state index contributed by atoms with van der Waals surface area (Å²) in [6.45, 7) is 3.84. The number of halogens is 2. The van der Waals surface area contributed by atoms with E-state index < -0.39 is 36.1 Å². The Balaban J connectivity index is 1.54. The van der Waals surface area contributed by atoms with Gasteiger partial charge < -0.3 is 10.6 Å². The smallest absolute Gasteiger partial charge is 0.270 e. The van der Waals surface area contributed by atoms with Crippen LogP contribution in [0.2, 0.25) is 0 Å². The fraction of sp³-hybridized carbons (Fsp3) is 0.417. The number of amides is 2. The molecule has 2 amide bonds. The van der Waals surface area contributed by atoms with Crippen LogP contribution in [0.3, 0.4) is 0 Å². The summed E-state index contributed by atoms with van der Waals surface area (Å²) < 4.78 is 29.7. The standard InChI is InChI=1S/C24H28F2N6O2/c1-14-20(15(2)31-30-14)16-6-8-18(9-7-16)28-23(34)21(17-5-4-11-24(25,26)13-17)29-22(33)19-10-12-27-32(19)3/h6-10,12,17,21H,4-5,11,13H2,1-3H3,(H,28,34)(H,29,33)(H,30,31)/t17-,21-/m0/s1. The number of hydrogen-bond acceptors (Lipinski definition) is 4. The molecule has 0 radical (unpaired) electrons. The molecule has 1 aromatic carbocycles. The van der Waals surface area contributed by atoms with Crippen molar-refractivity contribution in [2.75, 3.05) is 5.32 Å². The third-order valence-electron chi connectivity index (χ3n) is 6.34. The highest BCUT2D eigenvalue weighted by atomic mass is 19.3. The molecule has 0 spiro atoms. The molecule has 2 atom stereocenters. The van der Waals surface area contributed by atoms with Gasteiger partial charge in [0.15, 0.2) is 0 Å². The van der Waals surface area contributed by atoms with E-state index in [4.69, 9.17) is 0 Å². The number of benzene rings is 1. The number of hydrogen-bond donors (Lipinski definition) is 3. The van der Waals surface area contributed by atoms with Gasteiger partial charge in [0.2, 0.25) is 11.8 Å². The maximum atomic E-state index is 14.2. The SMILES string of the molecule is Cc1n[nH]c(C)c1-c1ccc(NC(=O)[C@@H](NC(=O)c2ccnn2C)[C@H]2CCCC(F)(F)C2)cc1. The molecule has 0 bridgehead atoms. The molecule has 0 unspecified atom stereocenters. The highest BCUT2D eigenvalue weighted by Gasteiger charge is 2.42. The molecule has 0 aliphatic heterocycles. The van der Waals surface area contributed by atoms with E-state index in [1.165, 1.54) is 16.9 Å². The maximum absolute atomic E-state index is 14.2. The van der Waals surface area contributed by atoms with Gasteiger partial charge in [-0.25, -0.2) is 8.78 Å². The number of carbonyl (C=O) groups is 2. The van der Waals surface area contributed by atoms with Gasteiger partial charge in [-0.15, -0.1) is 0 Å². The quantitative estimate of drug-likeness (QED) is 0.507. The first-order chi connectivity index (χ1) is 16.1. The first-order valence-corrected chi connectivity index (χ1v) is 11.2. The summed E-state index contributed by atoms with van der Waals surface area (Å²) in [5.41, 5.74) is 4.49. The van der Waals surface area contributed by atoms with Gasteiger partial charge in [0.1, 0.15) is 11.7 Å². The minimum atomic E-state index is -2.86. The average Bonchev–Trinajstić information content (AvgIpc) is 3.36. The molecule has 1 fully saturated rings. The van der Waals surface area contributed by atoms with Gasteiger partial charge in [0.05, 0.1) is 5.69 Å². The van der Waals surface area contributed by atoms with Crippen molar-refractivity contribution < 1.29 is 18.4 Å². The van der Waals surface area contributed by atoms with E-state index in [1.54, 1.807) is 19.2 Å². The Labute approximate surface area is 196 Å². The Morgan fingerprint density at radius 3 is 2.53 bits per heavy atom. The van der Waals surface area contributed by atoms with Gasteiger partial charge in [-0.2, -0.15) is 10.2 Å². The van der Waals surface area contributed by atoms with Crippen molar-refractivity contribution in [3.05, 3.63) is 53.6 Å². The molecule has 0 saturated heterocycles. The first-order valence-electron chi connectivity index (χ1n) is 11.2. The maximum Gasteiger partial charge on any atom is 0.270 e. The van der Waals surface area contributed by atoms with Gasteiger partial charge in [-0.05, 0) is 56.4 Å². The van der Waals surface area contributed by atoms with Crippen LogP contribution >= 0.6 is 0 Å². The summed E-state index contributed by atoms with van der Waals surface area (Å²) in [5, 5.41) is 16.6. The molecule has 4 rings (SSSR count). The molecule has 1 aliphatic rings. The number of carbonyl (C=O) groups excluding carboxylic acids is 2. The Bertz CT molecular complexity index is 1170. The molecule has 8 nitrogen and oxygen atoms in total. The van der Waals surface area contributed by atoms with Crippen molar-refractivity contribution in [3.63, 3.8) is 0 Å². The zero-order valence-electron chi connectivity index (χ0n) is 19.4. The molecular weight excluding hydrogens is 442 g/mol. The number of anilines is 1. The van der Waals surface area contributed by atoms with Crippen molar-refractivity contribution in [2.45, 2.75) is 51.5 Å². The van der Waals surface area contributed by atoms with Crippen LogP contribution in [0.5, 0.6) is 0 Å². The second-order valence-corrected chi connectivity index (χ2v) is 8.88. The Morgan fingerprint density at radius 2 is 1.94 bits per heavy atom. The molecule has 3 aromatic rings. The van der Waals surface area contributed by atoms with Crippen LogP contribution in [0.15, 0.2) is 36.5 Å². The predicted molar refractivity (Wildman–Crippen MR) is 123 cm³/mol. The van der Waals surface area contributed by atoms with Gasteiger partial charge >= 0.3 is 0 Å². The van der Waals surface area contributed by atoms with E-state index in [-0.39, 0.29) is 12.1 Å². The number of aromatic nitrogens is 4. The van der Waals surface area contributed by atoms with Crippen LogP contribution < -0.4 is 10.6 Å². The number of nitrogens with zero attached hydrogens (tertiary/aromatic N) is 3. The van der Waals surface area contributed by atoms with E-state index in [9.17, 15) is 18.4 Å². The van der Waals surface area contributed by atoms with E-state index in [1.807, 2.05) is 26.0 Å². The predicted octanol–water partition coefficient (Wildman–Crippen LogP) is 3.99. The Kier molecular flexibility index (Phi) is 6.49. The molecule has 34 heavy (non-hydrogen) atoms. The number of alkyl halides is 2. The van der Waals surface area contributed by atoms with Crippen molar-refractivity contribution in [1.29, 1.82) is 0 Å². The minimum absolute atomic E-state index is 0.207. The van der Waals surface area contributed by atoms with Gasteiger partial charge in [0.25, 0.3) is 5.91 Å². The van der Waals surface area contributed by atoms with Gasteiger partial charge in [-0.3, -0.25) is 19.4 Å². The van der Waals surface area contributed by atoms with Gasteiger partial charge in [-0.1, -0.05) is 12.1 Å². The summed E-state index contributed by atoms with van der Waals surface area (Å²) in [7, 11) is 1.60. The lowest BCUT2D eigenvalue weighted by molar-refractivity contribution is -0.121.